The largest absolute Gasteiger partial charge is 0.475 e. The van der Waals surface area contributed by atoms with Crippen molar-refractivity contribution in [2.24, 2.45) is 5.41 Å². The lowest BCUT2D eigenvalue weighted by Gasteiger charge is -2.15. The maximum Gasteiger partial charge on any atom is 0.371 e. The highest BCUT2D eigenvalue weighted by atomic mass is 16.4. The normalized spacial score (nSPS) is 21.9. The summed E-state index contributed by atoms with van der Waals surface area (Å²) in [6.45, 7) is 0. The maximum absolute atomic E-state index is 10.9. The average Bonchev–Trinajstić information content (AvgIpc) is 2.77. The van der Waals surface area contributed by atoms with Crippen LogP contribution in [-0.4, -0.2) is 11.1 Å². The quantitative estimate of drug-likeness (QED) is 0.615. The van der Waals surface area contributed by atoms with Crippen LogP contribution in [0.1, 0.15) is 23.4 Å². The van der Waals surface area contributed by atoms with Crippen LogP contribution in [0.25, 0.3) is 11.8 Å². The Morgan fingerprint density at radius 1 is 1.47 bits per heavy atom. The lowest BCUT2D eigenvalue weighted by atomic mass is 9.90. The van der Waals surface area contributed by atoms with Gasteiger partial charge in [-0.2, -0.15) is 0 Å². The predicted octanol–water partition coefficient (Wildman–Crippen LogP) is -0.348. The monoisotopic (exact) mass is 230 g/mol. The van der Waals surface area contributed by atoms with Gasteiger partial charge in [-0.3, -0.25) is 0 Å². The van der Waals surface area contributed by atoms with Gasteiger partial charge >= 0.3 is 5.97 Å². The molecule has 5 nitrogen and oxygen atoms in total. The molecule has 5 heteroatoms. The number of aromatic carboxylic acids is 1. The van der Waals surface area contributed by atoms with Crippen molar-refractivity contribution in [1.29, 1.82) is 0 Å². The third-order valence-corrected chi connectivity index (χ3v) is 3.66. The summed E-state index contributed by atoms with van der Waals surface area (Å²) in [6.07, 6.45) is 6.19. The fourth-order valence-corrected chi connectivity index (χ4v) is 2.62. The average molecular weight is 230 g/mol. The van der Waals surface area contributed by atoms with Gasteiger partial charge in [0.25, 0.3) is 0 Å². The molecule has 17 heavy (non-hydrogen) atoms. The SMILES string of the molecule is O=C(O)c1cc2c(o1)=CC1(CC1)C1=CNNC=21. The number of nitrogens with one attached hydrogen (secondary N) is 2. The zero-order valence-corrected chi connectivity index (χ0v) is 8.91. The maximum atomic E-state index is 10.9. The number of hydrogen-bond donors (Lipinski definition) is 3. The number of furan rings is 1. The molecular weight excluding hydrogens is 220 g/mol. The van der Waals surface area contributed by atoms with Gasteiger partial charge in [-0.25, -0.2) is 4.79 Å². The van der Waals surface area contributed by atoms with E-state index in [9.17, 15) is 4.79 Å². The second-order valence-corrected chi connectivity index (χ2v) is 4.70. The number of hydrogen-bond acceptors (Lipinski definition) is 4. The van der Waals surface area contributed by atoms with E-state index in [-0.39, 0.29) is 11.2 Å². The molecule has 0 saturated heterocycles. The molecule has 2 aliphatic carbocycles. The molecule has 1 aromatic rings. The van der Waals surface area contributed by atoms with Crippen LogP contribution in [0.3, 0.4) is 0 Å². The summed E-state index contributed by atoms with van der Waals surface area (Å²) in [5, 5.41) is 9.78. The second-order valence-electron chi connectivity index (χ2n) is 4.70. The van der Waals surface area contributed by atoms with Crippen molar-refractivity contribution in [1.82, 2.24) is 10.9 Å². The number of carboxylic acids is 1. The van der Waals surface area contributed by atoms with Crippen LogP contribution in [0.15, 0.2) is 22.3 Å². The van der Waals surface area contributed by atoms with E-state index in [0.29, 0.717) is 5.42 Å². The Morgan fingerprint density at radius 3 is 3.00 bits per heavy atom. The van der Waals surface area contributed by atoms with Crippen LogP contribution in [-0.2, 0) is 0 Å². The van der Waals surface area contributed by atoms with Crippen molar-refractivity contribution in [3.05, 3.63) is 34.2 Å². The first-order valence-electron chi connectivity index (χ1n) is 5.53. The summed E-state index contributed by atoms with van der Waals surface area (Å²) in [5.41, 5.74) is 8.94. The van der Waals surface area contributed by atoms with E-state index in [1.165, 1.54) is 5.57 Å². The molecule has 4 rings (SSSR count). The molecule has 0 amide bonds. The van der Waals surface area contributed by atoms with Gasteiger partial charge in [-0.15, -0.1) is 0 Å². The molecule has 1 aliphatic heterocycles. The van der Waals surface area contributed by atoms with Gasteiger partial charge in [0.15, 0.2) is 0 Å². The van der Waals surface area contributed by atoms with Crippen LogP contribution >= 0.6 is 0 Å². The first-order valence-corrected chi connectivity index (χ1v) is 5.53. The molecule has 1 spiro atoms. The van der Waals surface area contributed by atoms with Crippen molar-refractivity contribution < 1.29 is 14.3 Å². The first kappa shape index (κ1) is 8.92. The molecule has 0 unspecified atom stereocenters. The lowest BCUT2D eigenvalue weighted by Crippen LogP contribution is -2.35. The molecule has 0 bridgehead atoms. The van der Waals surface area contributed by atoms with Crippen LogP contribution in [0, 0.1) is 5.41 Å². The van der Waals surface area contributed by atoms with Crippen LogP contribution in [0.5, 0.6) is 0 Å². The smallest absolute Gasteiger partial charge is 0.371 e. The van der Waals surface area contributed by atoms with Gasteiger partial charge in [-0.1, -0.05) is 0 Å². The zero-order chi connectivity index (χ0) is 11.6. The second kappa shape index (κ2) is 2.56. The van der Waals surface area contributed by atoms with Crippen molar-refractivity contribution >= 4 is 17.7 Å². The van der Waals surface area contributed by atoms with Gasteiger partial charge in [0, 0.05) is 28.5 Å². The van der Waals surface area contributed by atoms with Gasteiger partial charge in [-0.05, 0) is 18.9 Å². The Labute approximate surface area is 96.1 Å². The molecule has 0 aromatic carbocycles. The van der Waals surface area contributed by atoms with Crippen molar-refractivity contribution in [3.63, 3.8) is 0 Å². The first-order chi connectivity index (χ1) is 8.20. The third-order valence-electron chi connectivity index (χ3n) is 3.66. The van der Waals surface area contributed by atoms with E-state index < -0.39 is 5.97 Å². The van der Waals surface area contributed by atoms with Gasteiger partial charge in [0.1, 0.15) is 5.42 Å². The molecule has 3 N–H and O–H groups in total. The Balaban J connectivity index is 2.09. The Morgan fingerprint density at radius 2 is 2.29 bits per heavy atom. The summed E-state index contributed by atoms with van der Waals surface area (Å²) in [6, 6.07) is 1.58. The number of carbonyl (C=O) groups is 1. The molecule has 1 aromatic heterocycles. The predicted molar refractivity (Wildman–Crippen MR) is 58.8 cm³/mol. The summed E-state index contributed by atoms with van der Waals surface area (Å²) < 4.78 is 5.38. The molecular formula is C12H10N2O3. The summed E-state index contributed by atoms with van der Waals surface area (Å²) in [5.74, 6) is -1.04. The number of carboxylic acid groups (broad SMARTS) is 1. The van der Waals surface area contributed by atoms with Gasteiger partial charge in [0.2, 0.25) is 5.76 Å². The fraction of sp³-hybridized carbons (Fsp3) is 0.250. The molecule has 1 saturated carbocycles. The summed E-state index contributed by atoms with van der Waals surface area (Å²) >= 11 is 0. The zero-order valence-electron chi connectivity index (χ0n) is 8.91. The molecule has 0 atom stereocenters. The topological polar surface area (TPSA) is 74.5 Å². The summed E-state index contributed by atoms with van der Waals surface area (Å²) in [7, 11) is 0. The highest BCUT2D eigenvalue weighted by Gasteiger charge is 2.48. The Hall–Kier alpha value is -2.17. The standard InChI is InChI=1S/C12H10N2O3/c15-11(16)8-3-6-9(17-8)4-12(1-2-12)7-5-13-14-10(6)7/h3-5,13-14H,1-2H2,(H,15,16). The summed E-state index contributed by atoms with van der Waals surface area (Å²) in [4.78, 5) is 10.9. The molecule has 2 heterocycles. The van der Waals surface area contributed by atoms with E-state index in [1.807, 2.05) is 6.20 Å². The minimum absolute atomic E-state index is 0.00972. The Kier molecular flexibility index (Phi) is 1.34. The molecule has 3 aliphatic rings. The van der Waals surface area contributed by atoms with E-state index in [2.05, 4.69) is 16.9 Å². The van der Waals surface area contributed by atoms with Crippen molar-refractivity contribution in [2.45, 2.75) is 12.8 Å². The van der Waals surface area contributed by atoms with Gasteiger partial charge < -0.3 is 20.4 Å². The van der Waals surface area contributed by atoms with E-state index >= 15 is 0 Å². The minimum atomic E-state index is -1.03. The number of hydrazine groups is 1. The van der Waals surface area contributed by atoms with Crippen molar-refractivity contribution in [3.8, 4) is 0 Å². The molecule has 0 radical (unpaired) electrons. The van der Waals surface area contributed by atoms with E-state index in [0.717, 1.165) is 23.8 Å². The van der Waals surface area contributed by atoms with Crippen LogP contribution in [0.4, 0.5) is 0 Å². The molecule has 1 fully saturated rings. The van der Waals surface area contributed by atoms with Crippen LogP contribution < -0.4 is 21.5 Å². The van der Waals surface area contributed by atoms with Gasteiger partial charge in [0.05, 0.1) is 5.70 Å². The third kappa shape index (κ3) is 1.01. The van der Waals surface area contributed by atoms with Crippen molar-refractivity contribution in [2.75, 3.05) is 0 Å². The Bertz CT molecular complexity index is 692. The number of fused-ring (bicyclic) bond motifs is 3. The fourth-order valence-electron chi connectivity index (χ4n) is 2.62. The minimum Gasteiger partial charge on any atom is -0.475 e. The number of rotatable bonds is 1. The molecule has 86 valence electrons. The lowest BCUT2D eigenvalue weighted by molar-refractivity contribution is 0.0660. The highest BCUT2D eigenvalue weighted by molar-refractivity contribution is 5.85. The van der Waals surface area contributed by atoms with E-state index in [4.69, 9.17) is 9.52 Å². The highest BCUT2D eigenvalue weighted by Crippen LogP contribution is 2.56. The van der Waals surface area contributed by atoms with E-state index in [1.54, 1.807) is 6.07 Å². The van der Waals surface area contributed by atoms with Crippen LogP contribution in [0.2, 0.25) is 0 Å².